The number of hydrogen-bond donors (Lipinski definition) is 1. The molecule has 0 radical (unpaired) electrons. The van der Waals surface area contributed by atoms with E-state index < -0.39 is 0 Å². The smallest absolute Gasteiger partial charge is 0.0682 e. The molecule has 8 heavy (non-hydrogen) atoms. The first-order valence-electron chi connectivity index (χ1n) is 2.84. The third kappa shape index (κ3) is 5.66. The quantitative estimate of drug-likeness (QED) is 0.340. The lowest BCUT2D eigenvalue weighted by atomic mass is 10.3. The average Bonchev–Trinajstić information content (AvgIpc) is 1.81. The van der Waals surface area contributed by atoms with Crippen molar-refractivity contribution in [1.82, 2.24) is 0 Å². The summed E-state index contributed by atoms with van der Waals surface area (Å²) in [5.74, 6) is 4.79. The Morgan fingerprint density at radius 2 is 2.38 bits per heavy atom. The number of allylic oxidation sites excluding steroid dienone is 2. The van der Waals surface area contributed by atoms with Crippen LogP contribution in [0, 0.1) is 0 Å². The van der Waals surface area contributed by atoms with Crippen LogP contribution in [-0.4, -0.2) is 6.61 Å². The predicted octanol–water partition coefficient (Wildman–Crippen LogP) is 1.23. The Bertz CT molecular complexity index is 61.5. The van der Waals surface area contributed by atoms with E-state index in [4.69, 9.17) is 5.90 Å². The first-order chi connectivity index (χ1) is 3.91. The largest absolute Gasteiger partial charge is 0.305 e. The molecule has 0 aromatic carbocycles. The average molecular weight is 115 g/mol. The molecule has 2 nitrogen and oxygen atoms in total. The summed E-state index contributed by atoms with van der Waals surface area (Å²) in [6.45, 7) is 2.66. The molecule has 0 fully saturated rings. The van der Waals surface area contributed by atoms with Gasteiger partial charge in [-0.1, -0.05) is 12.2 Å². The van der Waals surface area contributed by atoms with Crippen LogP contribution in [0.3, 0.4) is 0 Å². The van der Waals surface area contributed by atoms with Crippen LogP contribution in [0.25, 0.3) is 0 Å². The van der Waals surface area contributed by atoms with Gasteiger partial charge in [0.15, 0.2) is 0 Å². The molecule has 0 atom stereocenters. The molecule has 0 aliphatic rings. The Labute approximate surface area is 50.3 Å². The number of hydrogen-bond acceptors (Lipinski definition) is 2. The predicted molar refractivity (Wildman–Crippen MR) is 34.2 cm³/mol. The van der Waals surface area contributed by atoms with Gasteiger partial charge >= 0.3 is 0 Å². The van der Waals surface area contributed by atoms with Gasteiger partial charge in [0.05, 0.1) is 6.61 Å². The second-order valence-corrected chi connectivity index (χ2v) is 1.58. The van der Waals surface area contributed by atoms with E-state index in [1.807, 2.05) is 13.0 Å². The minimum Gasteiger partial charge on any atom is -0.305 e. The number of unbranched alkanes of at least 4 members (excludes halogenated alkanes) is 1. The standard InChI is InChI=1S/C6H13NO/c1-2-3-4-5-6-8-7/h2-3H,4-7H2,1H3/b3-2+. The Morgan fingerprint density at radius 3 is 2.88 bits per heavy atom. The zero-order valence-electron chi connectivity index (χ0n) is 5.26. The summed E-state index contributed by atoms with van der Waals surface area (Å²) >= 11 is 0. The third-order valence-corrected chi connectivity index (χ3v) is 0.869. The first kappa shape index (κ1) is 7.66. The van der Waals surface area contributed by atoms with Gasteiger partial charge in [-0.05, 0) is 19.8 Å². The van der Waals surface area contributed by atoms with E-state index in [1.54, 1.807) is 0 Å². The number of nitrogens with two attached hydrogens (primary N) is 1. The van der Waals surface area contributed by atoms with Gasteiger partial charge in [0.2, 0.25) is 0 Å². The van der Waals surface area contributed by atoms with Crippen molar-refractivity contribution < 1.29 is 4.84 Å². The van der Waals surface area contributed by atoms with E-state index in [9.17, 15) is 0 Å². The zero-order valence-corrected chi connectivity index (χ0v) is 5.26. The van der Waals surface area contributed by atoms with Crippen molar-refractivity contribution in [2.75, 3.05) is 6.61 Å². The molecular weight excluding hydrogens is 102 g/mol. The molecule has 0 spiro atoms. The molecule has 0 amide bonds. The molecule has 0 aromatic heterocycles. The minimum atomic E-state index is 0.657. The molecule has 0 saturated heterocycles. The highest BCUT2D eigenvalue weighted by Gasteiger charge is 1.78. The Kier molecular flexibility index (Phi) is 6.38. The van der Waals surface area contributed by atoms with Crippen LogP contribution in [0.5, 0.6) is 0 Å². The summed E-state index contributed by atoms with van der Waals surface area (Å²) in [7, 11) is 0. The van der Waals surface area contributed by atoms with Gasteiger partial charge in [-0.2, -0.15) is 0 Å². The van der Waals surface area contributed by atoms with Crippen LogP contribution >= 0.6 is 0 Å². The van der Waals surface area contributed by atoms with E-state index in [0.29, 0.717) is 6.61 Å². The summed E-state index contributed by atoms with van der Waals surface area (Å²) < 4.78 is 0. The molecule has 0 rings (SSSR count). The highest BCUT2D eigenvalue weighted by Crippen LogP contribution is 1.88. The summed E-state index contributed by atoms with van der Waals surface area (Å²) in [5, 5.41) is 0. The van der Waals surface area contributed by atoms with Gasteiger partial charge in [-0.25, -0.2) is 5.90 Å². The maximum absolute atomic E-state index is 4.79. The highest BCUT2D eigenvalue weighted by atomic mass is 16.6. The molecule has 0 unspecified atom stereocenters. The van der Waals surface area contributed by atoms with Crippen LogP contribution < -0.4 is 5.90 Å². The molecule has 0 aliphatic heterocycles. The number of rotatable bonds is 4. The highest BCUT2D eigenvalue weighted by molar-refractivity contribution is 4.75. The van der Waals surface area contributed by atoms with Crippen LogP contribution in [0.4, 0.5) is 0 Å². The van der Waals surface area contributed by atoms with E-state index in [-0.39, 0.29) is 0 Å². The molecule has 0 saturated carbocycles. The molecule has 0 heterocycles. The van der Waals surface area contributed by atoms with Crippen LogP contribution in [-0.2, 0) is 4.84 Å². The lowest BCUT2D eigenvalue weighted by Crippen LogP contribution is -1.99. The van der Waals surface area contributed by atoms with Crippen molar-refractivity contribution in [2.24, 2.45) is 5.90 Å². The summed E-state index contributed by atoms with van der Waals surface area (Å²) in [4.78, 5) is 4.35. The van der Waals surface area contributed by atoms with Crippen molar-refractivity contribution in [2.45, 2.75) is 19.8 Å². The molecule has 0 aromatic rings. The van der Waals surface area contributed by atoms with Crippen LogP contribution in [0.1, 0.15) is 19.8 Å². The Hall–Kier alpha value is -0.340. The van der Waals surface area contributed by atoms with Crippen molar-refractivity contribution in [3.8, 4) is 0 Å². The van der Waals surface area contributed by atoms with Gasteiger partial charge in [0.1, 0.15) is 0 Å². The zero-order chi connectivity index (χ0) is 6.24. The molecular formula is C6H13NO. The second-order valence-electron chi connectivity index (χ2n) is 1.58. The van der Waals surface area contributed by atoms with Gasteiger partial charge in [-0.15, -0.1) is 0 Å². The SMILES string of the molecule is C/C=C/CCCON. The van der Waals surface area contributed by atoms with E-state index in [1.165, 1.54) is 0 Å². The van der Waals surface area contributed by atoms with Crippen LogP contribution in [0.2, 0.25) is 0 Å². The summed E-state index contributed by atoms with van der Waals surface area (Å²) in [5.41, 5.74) is 0. The molecule has 48 valence electrons. The second kappa shape index (κ2) is 6.66. The van der Waals surface area contributed by atoms with Crippen LogP contribution in [0.15, 0.2) is 12.2 Å². The minimum absolute atomic E-state index is 0.657. The van der Waals surface area contributed by atoms with Crippen molar-refractivity contribution in [3.05, 3.63) is 12.2 Å². The van der Waals surface area contributed by atoms with Crippen molar-refractivity contribution in [1.29, 1.82) is 0 Å². The monoisotopic (exact) mass is 115 g/mol. The summed E-state index contributed by atoms with van der Waals surface area (Å²) in [6.07, 6.45) is 6.20. The van der Waals surface area contributed by atoms with Gasteiger partial charge in [0, 0.05) is 0 Å². The van der Waals surface area contributed by atoms with E-state index >= 15 is 0 Å². The fourth-order valence-electron chi connectivity index (χ4n) is 0.451. The van der Waals surface area contributed by atoms with E-state index in [2.05, 4.69) is 10.9 Å². The van der Waals surface area contributed by atoms with Crippen molar-refractivity contribution in [3.63, 3.8) is 0 Å². The molecule has 0 bridgehead atoms. The third-order valence-electron chi connectivity index (χ3n) is 0.869. The maximum Gasteiger partial charge on any atom is 0.0682 e. The fourth-order valence-corrected chi connectivity index (χ4v) is 0.451. The van der Waals surface area contributed by atoms with Gasteiger partial charge in [0.25, 0.3) is 0 Å². The Balaban J connectivity index is 2.72. The molecule has 2 heteroatoms. The Morgan fingerprint density at radius 1 is 1.62 bits per heavy atom. The fraction of sp³-hybridized carbons (Fsp3) is 0.667. The molecule has 2 N–H and O–H groups in total. The topological polar surface area (TPSA) is 35.2 Å². The normalized spacial score (nSPS) is 10.8. The lowest BCUT2D eigenvalue weighted by molar-refractivity contribution is 0.136. The van der Waals surface area contributed by atoms with Gasteiger partial charge < -0.3 is 4.84 Å². The maximum atomic E-state index is 4.79. The first-order valence-corrected chi connectivity index (χ1v) is 2.84. The summed E-state index contributed by atoms with van der Waals surface area (Å²) in [6, 6.07) is 0. The van der Waals surface area contributed by atoms with E-state index in [0.717, 1.165) is 12.8 Å². The lowest BCUT2D eigenvalue weighted by Gasteiger charge is -1.90. The molecule has 0 aliphatic carbocycles. The van der Waals surface area contributed by atoms with Crippen molar-refractivity contribution >= 4 is 0 Å². The van der Waals surface area contributed by atoms with Gasteiger partial charge in [-0.3, -0.25) is 0 Å².